The third-order valence-electron chi connectivity index (χ3n) is 3.38. The van der Waals surface area contributed by atoms with E-state index in [0.717, 1.165) is 18.4 Å². The van der Waals surface area contributed by atoms with Gasteiger partial charge >= 0.3 is 0 Å². The average Bonchev–Trinajstić information content (AvgIpc) is 2.51. The summed E-state index contributed by atoms with van der Waals surface area (Å²) in [6.45, 7) is 10.0. The highest BCUT2D eigenvalue weighted by Crippen LogP contribution is 2.52. The molecule has 0 aromatic carbocycles. The minimum atomic E-state index is -0.0294. The van der Waals surface area contributed by atoms with Crippen LogP contribution in [0.4, 0.5) is 0 Å². The van der Waals surface area contributed by atoms with Gasteiger partial charge in [0.2, 0.25) is 5.78 Å². The van der Waals surface area contributed by atoms with Crippen molar-refractivity contribution in [1.29, 1.82) is 0 Å². The van der Waals surface area contributed by atoms with Gasteiger partial charge in [0.05, 0.1) is 12.0 Å². The lowest BCUT2D eigenvalue weighted by atomic mass is 9.82. The molecule has 0 N–H and O–H groups in total. The summed E-state index contributed by atoms with van der Waals surface area (Å²) in [5.74, 6) is 0.665. The van der Waals surface area contributed by atoms with E-state index in [9.17, 15) is 4.79 Å². The van der Waals surface area contributed by atoms with Gasteiger partial charge in [0.15, 0.2) is 5.76 Å². The van der Waals surface area contributed by atoms with Crippen molar-refractivity contribution in [3.63, 3.8) is 0 Å². The zero-order chi connectivity index (χ0) is 11.2. The molecule has 2 aliphatic carbocycles. The molecule has 1 fully saturated rings. The summed E-state index contributed by atoms with van der Waals surface area (Å²) in [6.07, 6.45) is 4.07. The lowest BCUT2D eigenvalue weighted by molar-refractivity contribution is -0.122. The van der Waals surface area contributed by atoms with E-state index in [1.807, 2.05) is 19.9 Å². The van der Waals surface area contributed by atoms with Crippen LogP contribution in [0, 0.1) is 11.3 Å². The number of fused-ring (bicyclic) bond motifs is 1. The fourth-order valence-corrected chi connectivity index (χ4v) is 2.68. The van der Waals surface area contributed by atoms with E-state index in [-0.39, 0.29) is 23.2 Å². The number of rotatable bonds is 2. The second-order valence-corrected chi connectivity index (χ2v) is 5.14. The molecule has 0 aliphatic heterocycles. The Morgan fingerprint density at radius 1 is 1.60 bits per heavy atom. The van der Waals surface area contributed by atoms with E-state index >= 15 is 0 Å². The average molecular weight is 206 g/mol. The van der Waals surface area contributed by atoms with Gasteiger partial charge in [-0.3, -0.25) is 4.79 Å². The highest BCUT2D eigenvalue weighted by Gasteiger charge is 2.50. The molecule has 0 aromatic heterocycles. The van der Waals surface area contributed by atoms with Crippen molar-refractivity contribution in [2.75, 3.05) is 0 Å². The maximum Gasteiger partial charge on any atom is 0.204 e. The lowest BCUT2D eigenvalue weighted by Crippen LogP contribution is -2.22. The van der Waals surface area contributed by atoms with E-state index < -0.39 is 0 Å². The second kappa shape index (κ2) is 3.22. The highest BCUT2D eigenvalue weighted by atomic mass is 16.5. The van der Waals surface area contributed by atoms with Crippen LogP contribution in [0.5, 0.6) is 0 Å². The molecule has 2 aliphatic rings. The maximum absolute atomic E-state index is 12.1. The molecular weight excluding hydrogens is 188 g/mol. The minimum absolute atomic E-state index is 0.0220. The first kappa shape index (κ1) is 10.5. The van der Waals surface area contributed by atoms with Gasteiger partial charge in [-0.05, 0) is 32.8 Å². The van der Waals surface area contributed by atoms with Gasteiger partial charge in [-0.1, -0.05) is 19.1 Å². The molecule has 82 valence electrons. The number of ketones is 1. The molecule has 0 bridgehead atoms. The Kier molecular flexibility index (Phi) is 2.25. The van der Waals surface area contributed by atoms with Gasteiger partial charge in [0.1, 0.15) is 0 Å². The number of ether oxygens (including phenoxy) is 1. The first-order chi connectivity index (χ1) is 6.94. The van der Waals surface area contributed by atoms with E-state index in [2.05, 4.69) is 13.5 Å². The smallest absolute Gasteiger partial charge is 0.204 e. The van der Waals surface area contributed by atoms with Crippen molar-refractivity contribution in [1.82, 2.24) is 0 Å². The molecule has 1 saturated carbocycles. The van der Waals surface area contributed by atoms with Crippen LogP contribution in [0.2, 0.25) is 0 Å². The molecule has 0 radical (unpaired) electrons. The van der Waals surface area contributed by atoms with Crippen LogP contribution in [-0.2, 0) is 9.53 Å². The number of carbonyl (C=O) groups excluding carboxylic acids is 1. The van der Waals surface area contributed by atoms with Crippen LogP contribution < -0.4 is 0 Å². The highest BCUT2D eigenvalue weighted by molar-refractivity contribution is 6.01. The third-order valence-corrected chi connectivity index (χ3v) is 3.38. The quantitative estimate of drug-likeness (QED) is 0.649. The zero-order valence-corrected chi connectivity index (χ0v) is 9.67. The first-order valence-corrected chi connectivity index (χ1v) is 5.55. The van der Waals surface area contributed by atoms with Crippen LogP contribution in [-0.4, -0.2) is 11.9 Å². The Balaban J connectivity index is 2.28. The molecule has 0 amide bonds. The molecule has 2 heteroatoms. The van der Waals surface area contributed by atoms with Gasteiger partial charge in [-0.2, -0.15) is 0 Å². The number of hydrogen-bond acceptors (Lipinski definition) is 2. The van der Waals surface area contributed by atoms with Crippen molar-refractivity contribution in [2.45, 2.75) is 39.7 Å². The van der Waals surface area contributed by atoms with Crippen LogP contribution in [0.15, 0.2) is 24.0 Å². The van der Waals surface area contributed by atoms with E-state index in [1.54, 1.807) is 0 Å². The first-order valence-electron chi connectivity index (χ1n) is 5.55. The van der Waals surface area contributed by atoms with Crippen molar-refractivity contribution in [2.24, 2.45) is 11.3 Å². The van der Waals surface area contributed by atoms with E-state index in [1.165, 1.54) is 0 Å². The van der Waals surface area contributed by atoms with Gasteiger partial charge < -0.3 is 4.74 Å². The molecule has 2 rings (SSSR count). The normalized spacial score (nSPS) is 34.7. The monoisotopic (exact) mass is 206 g/mol. The second-order valence-electron chi connectivity index (χ2n) is 5.14. The molecule has 0 heterocycles. The topological polar surface area (TPSA) is 26.3 Å². The Morgan fingerprint density at radius 2 is 2.27 bits per heavy atom. The SMILES string of the molecule is C=C1CC[C@@]2(C)C=C(OC(C)C)C(=O)[C@@H]12. The number of hydrogen-bond donors (Lipinski definition) is 0. The van der Waals surface area contributed by atoms with Gasteiger partial charge in [-0.25, -0.2) is 0 Å². The summed E-state index contributed by atoms with van der Waals surface area (Å²) in [5, 5.41) is 0. The molecule has 2 atom stereocenters. The van der Waals surface area contributed by atoms with Crippen molar-refractivity contribution >= 4 is 5.78 Å². The summed E-state index contributed by atoms with van der Waals surface area (Å²) in [5.41, 5.74) is 1.04. The third kappa shape index (κ3) is 1.52. The van der Waals surface area contributed by atoms with Crippen LogP contribution in [0.3, 0.4) is 0 Å². The Hall–Kier alpha value is -1.05. The number of allylic oxidation sites excluding steroid dienone is 3. The zero-order valence-electron chi connectivity index (χ0n) is 9.67. The molecular formula is C13H18O2. The standard InChI is InChI=1S/C13H18O2/c1-8(2)15-10-7-13(4)6-5-9(3)11(13)12(10)14/h7-8,11H,3,5-6H2,1-2,4H3/t11-,13+/m1/s1. The molecule has 0 unspecified atom stereocenters. The molecule has 15 heavy (non-hydrogen) atoms. The summed E-state index contributed by atoms with van der Waals surface area (Å²) in [6, 6.07) is 0. The van der Waals surface area contributed by atoms with E-state index in [4.69, 9.17) is 4.74 Å². The van der Waals surface area contributed by atoms with E-state index in [0.29, 0.717) is 5.76 Å². The van der Waals surface area contributed by atoms with Crippen molar-refractivity contribution in [3.05, 3.63) is 24.0 Å². The summed E-state index contributed by atoms with van der Waals surface area (Å²) in [7, 11) is 0. The fourth-order valence-electron chi connectivity index (χ4n) is 2.68. The van der Waals surface area contributed by atoms with Crippen molar-refractivity contribution < 1.29 is 9.53 Å². The van der Waals surface area contributed by atoms with Crippen LogP contribution >= 0.6 is 0 Å². The van der Waals surface area contributed by atoms with Gasteiger partial charge in [-0.15, -0.1) is 0 Å². The minimum Gasteiger partial charge on any atom is -0.488 e. The predicted molar refractivity (Wildman–Crippen MR) is 59.3 cm³/mol. The summed E-state index contributed by atoms with van der Waals surface area (Å²) >= 11 is 0. The summed E-state index contributed by atoms with van der Waals surface area (Å²) < 4.78 is 5.54. The molecule has 0 saturated heterocycles. The Labute approximate surface area is 91.0 Å². The molecule has 0 spiro atoms. The van der Waals surface area contributed by atoms with Crippen molar-refractivity contribution in [3.8, 4) is 0 Å². The molecule has 0 aromatic rings. The summed E-state index contributed by atoms with van der Waals surface area (Å²) in [4.78, 5) is 12.1. The molecule has 2 nitrogen and oxygen atoms in total. The number of Topliss-reactive ketones (excluding diaryl/α,β-unsaturated/α-hetero) is 1. The van der Waals surface area contributed by atoms with Gasteiger partial charge in [0, 0.05) is 5.41 Å². The maximum atomic E-state index is 12.1. The predicted octanol–water partition coefficient (Wildman–Crippen LogP) is 2.85. The largest absolute Gasteiger partial charge is 0.488 e. The fraction of sp³-hybridized carbons (Fsp3) is 0.615. The lowest BCUT2D eigenvalue weighted by Gasteiger charge is -2.19. The Bertz CT molecular complexity index is 352. The van der Waals surface area contributed by atoms with Crippen LogP contribution in [0.1, 0.15) is 33.6 Å². The Morgan fingerprint density at radius 3 is 2.80 bits per heavy atom. The number of carbonyl (C=O) groups is 1. The van der Waals surface area contributed by atoms with Crippen LogP contribution in [0.25, 0.3) is 0 Å². The van der Waals surface area contributed by atoms with Gasteiger partial charge in [0.25, 0.3) is 0 Å².